The summed E-state index contributed by atoms with van der Waals surface area (Å²) in [5.41, 5.74) is 4.94. The second-order valence-corrected chi connectivity index (χ2v) is 6.15. The highest BCUT2D eigenvalue weighted by atomic mass is 16.5. The molecule has 2 heterocycles. The van der Waals surface area contributed by atoms with Gasteiger partial charge in [0.15, 0.2) is 0 Å². The molecule has 130 valence electrons. The minimum absolute atomic E-state index is 0.155. The molecule has 6 heteroatoms. The summed E-state index contributed by atoms with van der Waals surface area (Å²) in [7, 11) is 1.69. The highest BCUT2D eigenvalue weighted by Crippen LogP contribution is 2.29. The lowest BCUT2D eigenvalue weighted by Crippen LogP contribution is -2.28. The van der Waals surface area contributed by atoms with Gasteiger partial charge in [-0.3, -0.25) is 4.79 Å². The van der Waals surface area contributed by atoms with E-state index in [0.29, 0.717) is 19.0 Å². The Kier molecular flexibility index (Phi) is 4.41. The average molecular weight is 346 g/mol. The number of aromatic nitrogens is 4. The fourth-order valence-electron chi connectivity index (χ4n) is 3.20. The fraction of sp³-hybridized carbons (Fsp3) is 0.200. The SMILES string of the molecule is COCc1cccc(C2=Cc3cnn(-c4ncccn4)c(=O)c3CC2)c1. The van der Waals surface area contributed by atoms with E-state index in [0.717, 1.165) is 28.7 Å². The molecule has 1 aliphatic carbocycles. The van der Waals surface area contributed by atoms with Crippen LogP contribution in [0, 0.1) is 0 Å². The van der Waals surface area contributed by atoms with Crippen molar-refractivity contribution in [3.63, 3.8) is 0 Å². The molecule has 0 fully saturated rings. The third-order valence-electron chi connectivity index (χ3n) is 4.44. The summed E-state index contributed by atoms with van der Waals surface area (Å²) in [6.45, 7) is 0.584. The molecular formula is C20H18N4O2. The second kappa shape index (κ2) is 7.01. The van der Waals surface area contributed by atoms with Crippen LogP contribution in [0.15, 0.2) is 53.7 Å². The largest absolute Gasteiger partial charge is 0.380 e. The Balaban J connectivity index is 1.72. The molecule has 0 saturated carbocycles. The zero-order valence-electron chi connectivity index (χ0n) is 14.4. The van der Waals surface area contributed by atoms with Crippen LogP contribution in [0.5, 0.6) is 0 Å². The first-order valence-electron chi connectivity index (χ1n) is 8.43. The number of methoxy groups -OCH3 is 1. The van der Waals surface area contributed by atoms with Crippen LogP contribution in [0.4, 0.5) is 0 Å². The maximum atomic E-state index is 12.8. The highest BCUT2D eigenvalue weighted by molar-refractivity contribution is 5.84. The molecule has 6 nitrogen and oxygen atoms in total. The predicted octanol–water partition coefficient (Wildman–Crippen LogP) is 2.66. The van der Waals surface area contributed by atoms with Crippen LogP contribution >= 0.6 is 0 Å². The molecule has 0 aliphatic heterocycles. The summed E-state index contributed by atoms with van der Waals surface area (Å²) in [5, 5.41) is 4.25. The van der Waals surface area contributed by atoms with E-state index >= 15 is 0 Å². The van der Waals surface area contributed by atoms with Crippen molar-refractivity contribution < 1.29 is 4.74 Å². The van der Waals surface area contributed by atoms with Crippen molar-refractivity contribution in [1.29, 1.82) is 0 Å². The number of benzene rings is 1. The summed E-state index contributed by atoms with van der Waals surface area (Å²) >= 11 is 0. The van der Waals surface area contributed by atoms with Crippen LogP contribution in [0.2, 0.25) is 0 Å². The van der Waals surface area contributed by atoms with Gasteiger partial charge in [-0.15, -0.1) is 0 Å². The van der Waals surface area contributed by atoms with Crippen molar-refractivity contribution in [2.45, 2.75) is 19.4 Å². The van der Waals surface area contributed by atoms with Gasteiger partial charge in [0.2, 0.25) is 0 Å². The van der Waals surface area contributed by atoms with Gasteiger partial charge in [-0.1, -0.05) is 18.2 Å². The Morgan fingerprint density at radius 2 is 2.00 bits per heavy atom. The van der Waals surface area contributed by atoms with Crippen LogP contribution < -0.4 is 5.56 Å². The van der Waals surface area contributed by atoms with E-state index in [4.69, 9.17) is 4.74 Å². The van der Waals surface area contributed by atoms with Gasteiger partial charge in [0.25, 0.3) is 11.5 Å². The molecule has 0 bridgehead atoms. The first kappa shape index (κ1) is 16.4. The molecule has 0 saturated heterocycles. The van der Waals surface area contributed by atoms with Gasteiger partial charge in [0, 0.05) is 30.6 Å². The molecule has 3 aromatic rings. The lowest BCUT2D eigenvalue weighted by molar-refractivity contribution is 0.185. The summed E-state index contributed by atoms with van der Waals surface area (Å²) in [5.74, 6) is 0.294. The topological polar surface area (TPSA) is 69.9 Å². The number of rotatable bonds is 4. The number of allylic oxidation sites excluding steroid dienone is 1. The smallest absolute Gasteiger partial charge is 0.278 e. The maximum absolute atomic E-state index is 12.8. The molecule has 1 aliphatic rings. The summed E-state index contributed by atoms with van der Waals surface area (Å²) in [4.78, 5) is 21.0. The van der Waals surface area contributed by atoms with Crippen LogP contribution in [-0.4, -0.2) is 26.9 Å². The highest BCUT2D eigenvalue weighted by Gasteiger charge is 2.18. The lowest BCUT2D eigenvalue weighted by atomic mass is 9.89. The van der Waals surface area contributed by atoms with E-state index in [1.165, 1.54) is 10.3 Å². The number of fused-ring (bicyclic) bond motifs is 1. The Hall–Kier alpha value is -3.12. The second-order valence-electron chi connectivity index (χ2n) is 6.15. The van der Waals surface area contributed by atoms with Gasteiger partial charge in [-0.25, -0.2) is 9.97 Å². The summed E-state index contributed by atoms with van der Waals surface area (Å²) < 4.78 is 6.47. The maximum Gasteiger partial charge on any atom is 0.278 e. The predicted molar refractivity (Wildman–Crippen MR) is 98.8 cm³/mol. The zero-order chi connectivity index (χ0) is 17.9. The molecule has 0 unspecified atom stereocenters. The minimum Gasteiger partial charge on any atom is -0.380 e. The molecule has 0 spiro atoms. The van der Waals surface area contributed by atoms with E-state index < -0.39 is 0 Å². The normalized spacial score (nSPS) is 13.2. The fourth-order valence-corrected chi connectivity index (χ4v) is 3.20. The Morgan fingerprint density at radius 3 is 2.81 bits per heavy atom. The van der Waals surface area contributed by atoms with Gasteiger partial charge in [-0.05, 0) is 47.8 Å². The Morgan fingerprint density at radius 1 is 1.15 bits per heavy atom. The monoisotopic (exact) mass is 346 g/mol. The first-order valence-corrected chi connectivity index (χ1v) is 8.43. The standard InChI is InChI=1S/C20H18N4O2/c1-26-13-14-4-2-5-15(10-14)16-6-7-18-17(11-16)12-23-24(19(18)25)20-21-8-3-9-22-20/h2-5,8-12H,6-7,13H2,1H3. The van der Waals surface area contributed by atoms with Crippen LogP contribution in [-0.2, 0) is 17.8 Å². The van der Waals surface area contributed by atoms with Crippen molar-refractivity contribution in [3.8, 4) is 5.95 Å². The van der Waals surface area contributed by atoms with E-state index in [2.05, 4.69) is 33.3 Å². The minimum atomic E-state index is -0.155. The molecule has 2 aromatic heterocycles. The van der Waals surface area contributed by atoms with E-state index in [1.807, 2.05) is 12.1 Å². The van der Waals surface area contributed by atoms with Gasteiger partial charge in [-0.2, -0.15) is 9.78 Å². The van der Waals surface area contributed by atoms with Gasteiger partial charge < -0.3 is 4.74 Å². The lowest BCUT2D eigenvalue weighted by Gasteiger charge is -2.17. The molecule has 0 atom stereocenters. The summed E-state index contributed by atoms with van der Waals surface area (Å²) in [6.07, 6.45) is 8.44. The third kappa shape index (κ3) is 3.07. The van der Waals surface area contributed by atoms with Crippen molar-refractivity contribution >= 4 is 11.6 Å². The Labute approximate surface area is 150 Å². The van der Waals surface area contributed by atoms with Gasteiger partial charge in [0.1, 0.15) is 0 Å². The van der Waals surface area contributed by atoms with Gasteiger partial charge >= 0.3 is 0 Å². The molecule has 4 rings (SSSR count). The number of hydrogen-bond acceptors (Lipinski definition) is 5. The molecular weight excluding hydrogens is 328 g/mol. The molecule has 0 N–H and O–H groups in total. The quantitative estimate of drug-likeness (QED) is 0.726. The Bertz CT molecular complexity index is 1030. The van der Waals surface area contributed by atoms with Crippen molar-refractivity contribution in [3.05, 3.63) is 81.5 Å². The van der Waals surface area contributed by atoms with Crippen LogP contribution in [0.25, 0.3) is 17.6 Å². The first-order chi connectivity index (χ1) is 12.8. The molecule has 0 amide bonds. The molecule has 0 radical (unpaired) electrons. The van der Waals surface area contributed by atoms with Crippen molar-refractivity contribution in [2.75, 3.05) is 7.11 Å². The average Bonchev–Trinajstić information content (AvgIpc) is 2.69. The van der Waals surface area contributed by atoms with Gasteiger partial charge in [0.05, 0.1) is 12.8 Å². The van der Waals surface area contributed by atoms with E-state index in [-0.39, 0.29) is 5.56 Å². The van der Waals surface area contributed by atoms with E-state index in [1.54, 1.807) is 31.8 Å². The third-order valence-corrected chi connectivity index (χ3v) is 4.44. The number of hydrogen-bond donors (Lipinski definition) is 0. The molecule has 26 heavy (non-hydrogen) atoms. The number of ether oxygens (including phenoxy) is 1. The summed E-state index contributed by atoms with van der Waals surface area (Å²) in [6, 6.07) is 10.0. The number of nitrogens with zero attached hydrogens (tertiary/aromatic N) is 4. The van der Waals surface area contributed by atoms with Crippen LogP contribution in [0.1, 0.15) is 28.7 Å². The van der Waals surface area contributed by atoms with E-state index in [9.17, 15) is 4.79 Å². The van der Waals surface area contributed by atoms with Crippen LogP contribution in [0.3, 0.4) is 0 Å². The molecule has 1 aromatic carbocycles. The zero-order valence-corrected chi connectivity index (χ0v) is 14.4. The van der Waals surface area contributed by atoms with Crippen molar-refractivity contribution in [1.82, 2.24) is 19.7 Å². The van der Waals surface area contributed by atoms with Crippen molar-refractivity contribution in [2.24, 2.45) is 0 Å².